The van der Waals surface area contributed by atoms with Crippen LogP contribution >= 0.6 is 0 Å². The molecule has 0 fully saturated rings. The van der Waals surface area contributed by atoms with Crippen LogP contribution in [0.15, 0.2) is 48.5 Å². The van der Waals surface area contributed by atoms with Crippen LogP contribution in [0.3, 0.4) is 0 Å². The van der Waals surface area contributed by atoms with Crippen molar-refractivity contribution in [2.75, 3.05) is 0 Å². The molecule has 0 atom stereocenters. The minimum atomic E-state index is 1.00. The van der Waals surface area contributed by atoms with Gasteiger partial charge >= 0.3 is 0 Å². The molecule has 0 heteroatoms. The summed E-state index contributed by atoms with van der Waals surface area (Å²) in [7, 11) is 0. The summed E-state index contributed by atoms with van der Waals surface area (Å²) in [6.07, 6.45) is 2.02. The lowest BCUT2D eigenvalue weighted by molar-refractivity contribution is 1.07. The molecule has 3 aromatic rings. The second kappa shape index (κ2) is 9.73. The van der Waals surface area contributed by atoms with Crippen LogP contribution in [-0.4, -0.2) is 0 Å². The molecule has 0 spiro atoms. The fourth-order valence-electron chi connectivity index (χ4n) is 3.64. The molecule has 0 nitrogen and oxygen atoms in total. The monoisotopic (exact) mass is 372 g/mol. The fourth-order valence-corrected chi connectivity index (χ4v) is 3.64. The minimum Gasteiger partial charge on any atom is -0.0683 e. The van der Waals surface area contributed by atoms with Gasteiger partial charge in [0.15, 0.2) is 0 Å². The Labute approximate surface area is 172 Å². The van der Waals surface area contributed by atoms with Crippen LogP contribution < -0.4 is 0 Å². The maximum absolute atomic E-state index is 2.42. The third kappa shape index (κ3) is 5.35. The quantitative estimate of drug-likeness (QED) is 0.439. The van der Waals surface area contributed by atoms with Crippen molar-refractivity contribution in [1.82, 2.24) is 0 Å². The van der Waals surface area contributed by atoms with Crippen LogP contribution in [0.2, 0.25) is 0 Å². The summed E-state index contributed by atoms with van der Waals surface area (Å²) in [6.45, 7) is 17.3. The van der Waals surface area contributed by atoms with Gasteiger partial charge in [-0.1, -0.05) is 67.9 Å². The summed E-state index contributed by atoms with van der Waals surface area (Å²) in [4.78, 5) is 0. The predicted molar refractivity (Wildman–Crippen MR) is 125 cm³/mol. The molecular weight excluding hydrogens is 336 g/mol. The Hall–Kier alpha value is -2.34. The zero-order chi connectivity index (χ0) is 20.8. The van der Waals surface area contributed by atoms with Crippen molar-refractivity contribution in [2.45, 2.75) is 68.2 Å². The number of hydrogen-bond acceptors (Lipinski definition) is 0. The Kier molecular flexibility index (Phi) is 7.63. The highest BCUT2D eigenvalue weighted by Crippen LogP contribution is 2.24. The Morgan fingerprint density at radius 3 is 1.82 bits per heavy atom. The molecule has 0 bridgehead atoms. The Balaban J connectivity index is 0.00000136. The van der Waals surface area contributed by atoms with Crippen molar-refractivity contribution in [1.29, 1.82) is 0 Å². The van der Waals surface area contributed by atoms with Gasteiger partial charge in [-0.2, -0.15) is 0 Å². The van der Waals surface area contributed by atoms with Crippen molar-refractivity contribution in [3.63, 3.8) is 0 Å². The van der Waals surface area contributed by atoms with Crippen molar-refractivity contribution in [2.24, 2.45) is 0 Å². The van der Waals surface area contributed by atoms with Crippen molar-refractivity contribution in [3.05, 3.63) is 104 Å². The van der Waals surface area contributed by atoms with Gasteiger partial charge in [-0.3, -0.25) is 0 Å². The molecule has 0 N–H and O–H groups in total. The van der Waals surface area contributed by atoms with E-state index in [0.29, 0.717) is 0 Å². The van der Waals surface area contributed by atoms with Crippen molar-refractivity contribution >= 4 is 0 Å². The summed E-state index contributed by atoms with van der Waals surface area (Å²) >= 11 is 0. The van der Waals surface area contributed by atoms with Crippen LogP contribution in [0, 0.1) is 41.5 Å². The third-order valence-electron chi connectivity index (χ3n) is 5.70. The van der Waals surface area contributed by atoms with Gasteiger partial charge in [0.1, 0.15) is 0 Å². The summed E-state index contributed by atoms with van der Waals surface area (Å²) < 4.78 is 0. The first-order valence-corrected chi connectivity index (χ1v) is 10.5. The first kappa shape index (κ1) is 22.0. The molecule has 0 unspecified atom stereocenters. The second-order valence-electron chi connectivity index (χ2n) is 7.90. The highest BCUT2D eigenvalue weighted by Gasteiger charge is 2.09. The third-order valence-corrected chi connectivity index (χ3v) is 5.70. The SMILES string of the molecule is CC.Cc1ccc(C)c(Cc2cc(Cc3ccc(C)c(C)c3)cc(C)c2C)c1. The van der Waals surface area contributed by atoms with Crippen LogP contribution in [0.1, 0.15) is 69.5 Å². The van der Waals surface area contributed by atoms with E-state index < -0.39 is 0 Å². The Morgan fingerprint density at radius 2 is 1.14 bits per heavy atom. The summed E-state index contributed by atoms with van der Waals surface area (Å²) in [5, 5.41) is 0. The molecule has 148 valence electrons. The van der Waals surface area contributed by atoms with E-state index in [1.165, 1.54) is 55.6 Å². The highest BCUT2D eigenvalue weighted by atomic mass is 14.1. The van der Waals surface area contributed by atoms with Gasteiger partial charge in [-0.25, -0.2) is 0 Å². The second-order valence-corrected chi connectivity index (χ2v) is 7.90. The average Bonchev–Trinajstić information content (AvgIpc) is 2.67. The van der Waals surface area contributed by atoms with Gasteiger partial charge in [-0.15, -0.1) is 0 Å². The molecule has 0 amide bonds. The summed E-state index contributed by atoms with van der Waals surface area (Å²) in [6, 6.07) is 18.4. The molecule has 0 radical (unpaired) electrons. The molecule has 0 aromatic heterocycles. The number of benzene rings is 3. The number of rotatable bonds is 4. The maximum Gasteiger partial charge on any atom is -0.00202 e. The van der Waals surface area contributed by atoms with E-state index in [9.17, 15) is 0 Å². The lowest BCUT2D eigenvalue weighted by atomic mass is 9.90. The first-order valence-electron chi connectivity index (χ1n) is 10.5. The minimum absolute atomic E-state index is 1.00. The van der Waals surface area contributed by atoms with Gasteiger partial charge < -0.3 is 0 Å². The zero-order valence-corrected chi connectivity index (χ0v) is 19.0. The van der Waals surface area contributed by atoms with E-state index in [0.717, 1.165) is 12.8 Å². The van der Waals surface area contributed by atoms with Gasteiger partial charge in [0, 0.05) is 0 Å². The lowest BCUT2D eigenvalue weighted by Gasteiger charge is -2.15. The van der Waals surface area contributed by atoms with Crippen LogP contribution in [0.5, 0.6) is 0 Å². The largest absolute Gasteiger partial charge is 0.0683 e. The fraction of sp³-hybridized carbons (Fsp3) is 0.357. The van der Waals surface area contributed by atoms with E-state index in [-0.39, 0.29) is 0 Å². The standard InChI is InChI=1S/C26H30.C2H6/c1-17-7-8-19(3)25(11-17)16-26-15-24(13-21(5)22(26)6)14-23-10-9-18(2)20(4)12-23;1-2/h7-13,15H,14,16H2,1-6H3;1-2H3. The van der Waals surface area contributed by atoms with E-state index in [4.69, 9.17) is 0 Å². The molecular formula is C28H36. The van der Waals surface area contributed by atoms with Gasteiger partial charge in [0.2, 0.25) is 0 Å². The van der Waals surface area contributed by atoms with Crippen molar-refractivity contribution < 1.29 is 0 Å². The van der Waals surface area contributed by atoms with E-state index in [2.05, 4.69) is 90.1 Å². The molecule has 3 aromatic carbocycles. The summed E-state index contributed by atoms with van der Waals surface area (Å²) in [5.74, 6) is 0. The van der Waals surface area contributed by atoms with Gasteiger partial charge in [-0.05, 0) is 104 Å². The van der Waals surface area contributed by atoms with E-state index in [1.807, 2.05) is 13.8 Å². The molecule has 28 heavy (non-hydrogen) atoms. The van der Waals surface area contributed by atoms with E-state index in [1.54, 1.807) is 0 Å². The Bertz CT molecular complexity index is 944. The number of aryl methyl sites for hydroxylation is 5. The lowest BCUT2D eigenvalue weighted by Crippen LogP contribution is -2.00. The number of hydrogen-bond donors (Lipinski definition) is 0. The van der Waals surface area contributed by atoms with Gasteiger partial charge in [0.05, 0.1) is 0 Å². The van der Waals surface area contributed by atoms with Crippen LogP contribution in [0.4, 0.5) is 0 Å². The van der Waals surface area contributed by atoms with E-state index >= 15 is 0 Å². The molecule has 0 saturated heterocycles. The highest BCUT2D eigenvalue weighted by molar-refractivity contribution is 5.44. The zero-order valence-electron chi connectivity index (χ0n) is 19.0. The molecule has 0 aliphatic rings. The normalized spacial score (nSPS) is 10.4. The predicted octanol–water partition coefficient (Wildman–Crippen LogP) is 7.74. The molecule has 0 aliphatic heterocycles. The molecule has 0 saturated carbocycles. The average molecular weight is 373 g/mol. The van der Waals surface area contributed by atoms with Crippen molar-refractivity contribution in [3.8, 4) is 0 Å². The molecule has 0 heterocycles. The first-order chi connectivity index (χ1) is 13.3. The summed E-state index contributed by atoms with van der Waals surface area (Å²) in [5.41, 5.74) is 14.0. The Morgan fingerprint density at radius 1 is 0.500 bits per heavy atom. The smallest absolute Gasteiger partial charge is 0.00202 e. The molecule has 3 rings (SSSR count). The topological polar surface area (TPSA) is 0 Å². The maximum atomic E-state index is 2.42. The molecule has 0 aliphatic carbocycles. The van der Waals surface area contributed by atoms with Crippen LogP contribution in [-0.2, 0) is 12.8 Å². The van der Waals surface area contributed by atoms with Gasteiger partial charge in [0.25, 0.3) is 0 Å². The van der Waals surface area contributed by atoms with Crippen LogP contribution in [0.25, 0.3) is 0 Å².